The summed E-state index contributed by atoms with van der Waals surface area (Å²) in [7, 11) is -2.69. The van der Waals surface area contributed by atoms with E-state index in [2.05, 4.69) is 181 Å². The number of hydrogen-bond donors (Lipinski definition) is 0. The van der Waals surface area contributed by atoms with E-state index >= 15 is 0 Å². The Bertz CT molecular complexity index is 2030. The Morgan fingerprint density at radius 1 is 0.400 bits per heavy atom. The first kappa shape index (κ1) is 27.4. The zero-order chi connectivity index (χ0) is 30.2. The summed E-state index contributed by atoms with van der Waals surface area (Å²) in [6.07, 6.45) is 0. The van der Waals surface area contributed by atoms with Gasteiger partial charge in [-0.2, -0.15) is 0 Å². The average Bonchev–Trinajstić information content (AvgIpc) is 3.41. The van der Waals surface area contributed by atoms with Gasteiger partial charge in [0.25, 0.3) is 0 Å². The molecule has 45 heavy (non-hydrogen) atoms. The third kappa shape index (κ3) is 4.45. The second-order valence-corrected chi connectivity index (χ2v) is 15.6. The first-order valence-electron chi connectivity index (χ1n) is 15.3. The van der Waals surface area contributed by atoms with Gasteiger partial charge in [-0.15, -0.1) is 0 Å². The summed E-state index contributed by atoms with van der Waals surface area (Å²) in [5, 5.41) is 6.23. The van der Waals surface area contributed by atoms with Crippen molar-refractivity contribution in [3.63, 3.8) is 0 Å². The number of para-hydroxylation sites is 3. The topological polar surface area (TPSA) is 3.24 Å². The van der Waals surface area contributed by atoms with Crippen LogP contribution in [0.4, 0.5) is 17.1 Å². The SMILES string of the molecule is Clc1ccc2c(c1)[Si](c1ccccc1)(c1ccccc1)c1cccc(-c3ccccc3N(c3ccccc3)c3ccccc3)c1-2. The van der Waals surface area contributed by atoms with Crippen LogP contribution in [-0.4, -0.2) is 8.07 Å². The van der Waals surface area contributed by atoms with Crippen molar-refractivity contribution in [1.82, 2.24) is 0 Å². The molecule has 1 heterocycles. The fourth-order valence-corrected chi connectivity index (χ4v) is 12.7. The molecule has 0 atom stereocenters. The van der Waals surface area contributed by atoms with Gasteiger partial charge >= 0.3 is 0 Å². The van der Waals surface area contributed by atoms with E-state index in [4.69, 9.17) is 11.6 Å². The molecule has 3 heteroatoms. The lowest BCUT2D eigenvalue weighted by Crippen LogP contribution is -2.72. The van der Waals surface area contributed by atoms with Gasteiger partial charge in [-0.25, -0.2) is 0 Å². The number of anilines is 3. The minimum atomic E-state index is -2.69. The molecule has 1 aliphatic heterocycles. The number of nitrogens with zero attached hydrogens (tertiary/aromatic N) is 1. The fraction of sp³-hybridized carbons (Fsp3) is 0. The maximum atomic E-state index is 6.84. The van der Waals surface area contributed by atoms with Gasteiger partial charge in [0.15, 0.2) is 8.07 Å². The molecule has 0 saturated carbocycles. The molecule has 0 bridgehead atoms. The Hall–Kier alpha value is -5.15. The molecule has 0 aromatic heterocycles. The largest absolute Gasteiger partial charge is 0.310 e. The summed E-state index contributed by atoms with van der Waals surface area (Å²) in [6.45, 7) is 0. The van der Waals surface area contributed by atoms with E-state index in [1.54, 1.807) is 0 Å². The molecular weight excluding hydrogens is 582 g/mol. The summed E-state index contributed by atoms with van der Waals surface area (Å²) in [4.78, 5) is 2.37. The van der Waals surface area contributed by atoms with Gasteiger partial charge in [0.1, 0.15) is 0 Å². The van der Waals surface area contributed by atoms with Crippen LogP contribution in [0.15, 0.2) is 182 Å². The van der Waals surface area contributed by atoms with E-state index in [0.717, 1.165) is 22.1 Å². The van der Waals surface area contributed by atoms with E-state index in [0.29, 0.717) is 0 Å². The smallest absolute Gasteiger partial charge is 0.180 e. The van der Waals surface area contributed by atoms with Crippen LogP contribution < -0.4 is 25.6 Å². The Labute approximate surface area is 270 Å². The molecule has 1 aliphatic rings. The highest BCUT2D eigenvalue weighted by atomic mass is 35.5. The van der Waals surface area contributed by atoms with E-state index in [1.165, 1.54) is 43.0 Å². The minimum Gasteiger partial charge on any atom is -0.310 e. The molecule has 0 saturated heterocycles. The molecule has 0 fully saturated rings. The monoisotopic (exact) mass is 611 g/mol. The van der Waals surface area contributed by atoms with E-state index in [9.17, 15) is 0 Å². The molecule has 8 rings (SSSR count). The molecule has 7 aromatic carbocycles. The third-order valence-corrected chi connectivity index (χ3v) is 14.1. The van der Waals surface area contributed by atoms with Crippen molar-refractivity contribution in [1.29, 1.82) is 0 Å². The molecule has 0 spiro atoms. The molecule has 214 valence electrons. The molecule has 7 aromatic rings. The van der Waals surface area contributed by atoms with Crippen molar-refractivity contribution in [3.8, 4) is 22.3 Å². The van der Waals surface area contributed by atoms with Gasteiger partial charge in [-0.1, -0.05) is 151 Å². The lowest BCUT2D eigenvalue weighted by Gasteiger charge is -2.31. The molecule has 0 N–H and O–H groups in total. The summed E-state index contributed by atoms with van der Waals surface area (Å²) >= 11 is 6.84. The van der Waals surface area contributed by atoms with E-state index in [-0.39, 0.29) is 0 Å². The molecule has 0 amide bonds. The van der Waals surface area contributed by atoms with Crippen LogP contribution >= 0.6 is 11.6 Å². The van der Waals surface area contributed by atoms with Crippen LogP contribution in [-0.2, 0) is 0 Å². The summed E-state index contributed by atoms with van der Waals surface area (Å²) in [5.74, 6) is 0. The van der Waals surface area contributed by atoms with Gasteiger partial charge in [0.2, 0.25) is 0 Å². The fourth-order valence-electron chi connectivity index (χ4n) is 7.21. The second-order valence-electron chi connectivity index (χ2n) is 11.4. The van der Waals surface area contributed by atoms with Crippen LogP contribution in [0.5, 0.6) is 0 Å². The lowest BCUT2D eigenvalue weighted by molar-refractivity contribution is 1.28. The van der Waals surface area contributed by atoms with Crippen LogP contribution in [0.2, 0.25) is 5.02 Å². The Balaban J connectivity index is 1.46. The first-order valence-corrected chi connectivity index (χ1v) is 17.7. The number of benzene rings is 7. The molecule has 0 unspecified atom stereocenters. The molecule has 0 radical (unpaired) electrons. The Kier molecular flexibility index (Phi) is 6.94. The van der Waals surface area contributed by atoms with E-state index < -0.39 is 8.07 Å². The summed E-state index contributed by atoms with van der Waals surface area (Å²) < 4.78 is 0. The zero-order valence-corrected chi connectivity index (χ0v) is 26.4. The summed E-state index contributed by atoms with van der Waals surface area (Å²) in [5.41, 5.74) is 8.36. The molecule has 0 aliphatic carbocycles. The van der Waals surface area contributed by atoms with Gasteiger partial charge in [0.05, 0.1) is 5.69 Å². The molecule has 1 nitrogen and oxygen atoms in total. The van der Waals surface area contributed by atoms with Crippen molar-refractivity contribution in [2.45, 2.75) is 0 Å². The lowest BCUT2D eigenvalue weighted by atomic mass is 9.93. The normalized spacial score (nSPS) is 12.7. The van der Waals surface area contributed by atoms with Gasteiger partial charge in [-0.3, -0.25) is 0 Å². The second kappa shape index (κ2) is 11.4. The zero-order valence-electron chi connectivity index (χ0n) is 24.6. The maximum absolute atomic E-state index is 6.84. The van der Waals surface area contributed by atoms with Gasteiger partial charge in [0, 0.05) is 22.0 Å². The van der Waals surface area contributed by atoms with Crippen LogP contribution in [0.3, 0.4) is 0 Å². The highest BCUT2D eigenvalue weighted by Gasteiger charge is 2.49. The van der Waals surface area contributed by atoms with Crippen LogP contribution in [0, 0.1) is 0 Å². The third-order valence-electron chi connectivity index (χ3n) is 9.00. The standard InChI is InChI=1S/C42H30ClNSi/c43-31-28-29-38-41(30-31)45(34-20-9-3-10-21-34,35-22-11-4-12-23-35)40-27-15-25-37(42(38)40)36-24-13-14-26-39(36)44(32-16-5-1-6-17-32)33-18-7-2-8-19-33/h1-30H. The van der Waals surface area contributed by atoms with E-state index in [1.807, 2.05) is 6.07 Å². The number of rotatable bonds is 6. The average molecular weight is 612 g/mol. The van der Waals surface area contributed by atoms with Crippen molar-refractivity contribution in [2.24, 2.45) is 0 Å². The molecular formula is C42H30ClNSi. The van der Waals surface area contributed by atoms with Crippen LogP contribution in [0.25, 0.3) is 22.3 Å². The predicted molar refractivity (Wildman–Crippen MR) is 194 cm³/mol. The highest BCUT2D eigenvalue weighted by molar-refractivity contribution is 7.22. The number of halogens is 1. The number of hydrogen-bond acceptors (Lipinski definition) is 1. The number of fused-ring (bicyclic) bond motifs is 3. The van der Waals surface area contributed by atoms with Crippen molar-refractivity contribution >= 4 is 57.5 Å². The summed E-state index contributed by atoms with van der Waals surface area (Å²) in [6, 6.07) is 65.7. The maximum Gasteiger partial charge on any atom is 0.180 e. The minimum absolute atomic E-state index is 0.770. The predicted octanol–water partition coefficient (Wildman–Crippen LogP) is 8.83. The van der Waals surface area contributed by atoms with Crippen molar-refractivity contribution < 1.29 is 0 Å². The Morgan fingerprint density at radius 3 is 1.51 bits per heavy atom. The van der Waals surface area contributed by atoms with Gasteiger partial charge < -0.3 is 4.90 Å². The van der Waals surface area contributed by atoms with Crippen LogP contribution in [0.1, 0.15) is 0 Å². The van der Waals surface area contributed by atoms with Gasteiger partial charge in [-0.05, 0) is 79.9 Å². The Morgan fingerprint density at radius 2 is 0.911 bits per heavy atom. The quantitative estimate of drug-likeness (QED) is 0.170. The first-order chi connectivity index (χ1) is 22.3. The van der Waals surface area contributed by atoms with Crippen molar-refractivity contribution in [3.05, 3.63) is 187 Å². The van der Waals surface area contributed by atoms with Crippen molar-refractivity contribution in [2.75, 3.05) is 4.90 Å². The highest BCUT2D eigenvalue weighted by Crippen LogP contribution is 2.44.